The number of amides is 1. The molecule has 4 nitrogen and oxygen atoms in total. The number of hydrogen-bond donors (Lipinski definition) is 1. The Morgan fingerprint density at radius 3 is 2.55 bits per heavy atom. The monoisotopic (exact) mass is 296 g/mol. The molecule has 1 aliphatic heterocycles. The summed E-state index contributed by atoms with van der Waals surface area (Å²) in [6.07, 6.45) is -3.75. The van der Waals surface area contributed by atoms with Crippen molar-refractivity contribution >= 4 is 6.09 Å². The fraction of sp³-hybridized carbons (Fsp3) is 0.923. The van der Waals surface area contributed by atoms with Crippen molar-refractivity contribution in [2.24, 2.45) is 0 Å². The Morgan fingerprint density at radius 1 is 1.35 bits per heavy atom. The lowest BCUT2D eigenvalue weighted by molar-refractivity contribution is -0.133. The van der Waals surface area contributed by atoms with E-state index in [4.69, 9.17) is 4.74 Å². The molecule has 118 valence electrons. The quantitative estimate of drug-likeness (QED) is 0.811. The van der Waals surface area contributed by atoms with E-state index < -0.39 is 24.3 Å². The predicted molar refractivity (Wildman–Crippen MR) is 69.5 cm³/mol. The van der Waals surface area contributed by atoms with Crippen LogP contribution in [0.3, 0.4) is 0 Å². The van der Waals surface area contributed by atoms with Gasteiger partial charge in [-0.3, -0.25) is 0 Å². The second-order valence-corrected chi connectivity index (χ2v) is 6.04. The molecule has 1 amide bonds. The zero-order valence-corrected chi connectivity index (χ0v) is 12.2. The van der Waals surface area contributed by atoms with Crippen molar-refractivity contribution in [3.05, 3.63) is 0 Å². The number of rotatable bonds is 4. The van der Waals surface area contributed by atoms with Crippen LogP contribution in [0.25, 0.3) is 0 Å². The molecular weight excluding hydrogens is 273 g/mol. The molecule has 1 N–H and O–H groups in total. The standard InChI is InChI=1S/C13H23F3N2O2/c1-12(2,3)20-11(19)18-8-4-5-10(18)9-17-7-6-13(14,15)16/h10,17H,4-9H2,1-3H3. The molecular formula is C13H23F3N2O2. The lowest BCUT2D eigenvalue weighted by Crippen LogP contribution is -2.44. The zero-order valence-electron chi connectivity index (χ0n) is 12.2. The fourth-order valence-corrected chi connectivity index (χ4v) is 2.11. The van der Waals surface area contributed by atoms with E-state index >= 15 is 0 Å². The van der Waals surface area contributed by atoms with Crippen molar-refractivity contribution < 1.29 is 22.7 Å². The highest BCUT2D eigenvalue weighted by atomic mass is 19.4. The number of hydrogen-bond acceptors (Lipinski definition) is 3. The molecule has 0 aromatic rings. The lowest BCUT2D eigenvalue weighted by Gasteiger charge is -2.28. The summed E-state index contributed by atoms with van der Waals surface area (Å²) < 4.78 is 41.4. The first-order chi connectivity index (χ1) is 9.08. The SMILES string of the molecule is CC(C)(C)OC(=O)N1CCCC1CNCCC(F)(F)F. The highest BCUT2D eigenvalue weighted by Crippen LogP contribution is 2.21. The number of likely N-dealkylation sites (tertiary alicyclic amines) is 1. The first-order valence-electron chi connectivity index (χ1n) is 6.85. The average molecular weight is 296 g/mol. The number of alkyl halides is 3. The van der Waals surface area contributed by atoms with Gasteiger partial charge in [0.25, 0.3) is 0 Å². The van der Waals surface area contributed by atoms with Crippen LogP contribution >= 0.6 is 0 Å². The minimum Gasteiger partial charge on any atom is -0.444 e. The molecule has 0 radical (unpaired) electrons. The van der Waals surface area contributed by atoms with Crippen molar-refractivity contribution in [1.82, 2.24) is 10.2 Å². The van der Waals surface area contributed by atoms with Crippen LogP contribution in [0.4, 0.5) is 18.0 Å². The van der Waals surface area contributed by atoms with Crippen molar-refractivity contribution in [3.63, 3.8) is 0 Å². The van der Waals surface area contributed by atoms with Gasteiger partial charge in [-0.05, 0) is 33.6 Å². The van der Waals surface area contributed by atoms with Crippen LogP contribution in [-0.2, 0) is 4.74 Å². The molecule has 0 spiro atoms. The third-order valence-electron chi connectivity index (χ3n) is 2.97. The number of ether oxygens (including phenoxy) is 1. The molecule has 1 saturated heterocycles. The summed E-state index contributed by atoms with van der Waals surface area (Å²) in [6, 6.07) is -0.0851. The summed E-state index contributed by atoms with van der Waals surface area (Å²) in [4.78, 5) is 13.6. The van der Waals surface area contributed by atoms with Gasteiger partial charge in [0.15, 0.2) is 0 Å². The van der Waals surface area contributed by atoms with E-state index in [0.717, 1.165) is 12.8 Å². The van der Waals surface area contributed by atoms with Crippen LogP contribution in [0, 0.1) is 0 Å². The summed E-state index contributed by atoms with van der Waals surface area (Å²) in [5.41, 5.74) is -0.562. The Bertz CT molecular complexity index is 327. The van der Waals surface area contributed by atoms with Gasteiger partial charge in [0.05, 0.1) is 6.42 Å². The average Bonchev–Trinajstić information content (AvgIpc) is 2.68. The van der Waals surface area contributed by atoms with Gasteiger partial charge < -0.3 is 15.0 Å². The molecule has 0 aromatic carbocycles. The van der Waals surface area contributed by atoms with Crippen LogP contribution in [0.1, 0.15) is 40.0 Å². The van der Waals surface area contributed by atoms with Gasteiger partial charge >= 0.3 is 12.3 Å². The first-order valence-corrected chi connectivity index (χ1v) is 6.85. The maximum absolute atomic E-state index is 12.0. The predicted octanol–water partition coefficient (Wildman–Crippen LogP) is 2.93. The molecule has 1 unspecified atom stereocenters. The van der Waals surface area contributed by atoms with E-state index in [2.05, 4.69) is 5.32 Å². The lowest BCUT2D eigenvalue weighted by atomic mass is 10.2. The van der Waals surface area contributed by atoms with Gasteiger partial charge in [-0.1, -0.05) is 0 Å². The summed E-state index contributed by atoms with van der Waals surface area (Å²) >= 11 is 0. The Hall–Kier alpha value is -0.980. The van der Waals surface area contributed by atoms with Gasteiger partial charge in [-0.25, -0.2) is 4.79 Å². The topological polar surface area (TPSA) is 41.6 Å². The van der Waals surface area contributed by atoms with Crippen LogP contribution in [0.5, 0.6) is 0 Å². The Morgan fingerprint density at radius 2 is 2.00 bits per heavy atom. The second-order valence-electron chi connectivity index (χ2n) is 6.04. The van der Waals surface area contributed by atoms with Gasteiger partial charge in [0.2, 0.25) is 0 Å². The second kappa shape index (κ2) is 6.65. The number of carbonyl (C=O) groups is 1. The van der Waals surface area contributed by atoms with Crippen LogP contribution < -0.4 is 5.32 Å². The van der Waals surface area contributed by atoms with E-state index in [-0.39, 0.29) is 12.6 Å². The summed E-state index contributed by atoms with van der Waals surface area (Å²) in [7, 11) is 0. The highest BCUT2D eigenvalue weighted by Gasteiger charge is 2.32. The molecule has 1 fully saturated rings. The molecule has 1 atom stereocenters. The summed E-state index contributed by atoms with van der Waals surface area (Å²) in [5, 5.41) is 2.76. The normalized spacial score (nSPS) is 20.3. The van der Waals surface area contributed by atoms with E-state index in [9.17, 15) is 18.0 Å². The van der Waals surface area contributed by atoms with Gasteiger partial charge in [0.1, 0.15) is 5.60 Å². The molecule has 20 heavy (non-hydrogen) atoms. The highest BCUT2D eigenvalue weighted by molar-refractivity contribution is 5.69. The van der Waals surface area contributed by atoms with Crippen LogP contribution in [-0.4, -0.2) is 48.4 Å². The molecule has 0 saturated carbocycles. The van der Waals surface area contributed by atoms with E-state index in [0.29, 0.717) is 13.1 Å². The van der Waals surface area contributed by atoms with Crippen molar-refractivity contribution in [3.8, 4) is 0 Å². The molecule has 0 aromatic heterocycles. The number of nitrogens with zero attached hydrogens (tertiary/aromatic N) is 1. The van der Waals surface area contributed by atoms with Gasteiger partial charge in [-0.15, -0.1) is 0 Å². The minimum atomic E-state index is -4.15. The molecule has 7 heteroatoms. The third-order valence-corrected chi connectivity index (χ3v) is 2.97. The molecule has 1 heterocycles. The van der Waals surface area contributed by atoms with E-state index in [1.165, 1.54) is 0 Å². The van der Waals surface area contributed by atoms with E-state index in [1.807, 2.05) is 0 Å². The number of carbonyl (C=O) groups excluding carboxylic acids is 1. The first kappa shape index (κ1) is 17.1. The Labute approximate surface area is 117 Å². The minimum absolute atomic E-state index is 0.0851. The summed E-state index contributed by atoms with van der Waals surface area (Å²) in [6.45, 7) is 6.21. The molecule has 0 bridgehead atoms. The van der Waals surface area contributed by atoms with Gasteiger partial charge in [-0.2, -0.15) is 13.2 Å². The van der Waals surface area contributed by atoms with Crippen LogP contribution in [0.2, 0.25) is 0 Å². The number of nitrogens with one attached hydrogen (secondary N) is 1. The maximum Gasteiger partial charge on any atom is 0.410 e. The maximum atomic E-state index is 12.0. The Balaban J connectivity index is 2.36. The molecule has 0 aliphatic carbocycles. The van der Waals surface area contributed by atoms with Crippen molar-refractivity contribution in [1.29, 1.82) is 0 Å². The molecule has 1 aliphatic rings. The third kappa shape index (κ3) is 6.45. The molecule has 1 rings (SSSR count). The largest absolute Gasteiger partial charge is 0.444 e. The Kier molecular flexibility index (Phi) is 5.68. The van der Waals surface area contributed by atoms with E-state index in [1.54, 1.807) is 25.7 Å². The fourth-order valence-electron chi connectivity index (χ4n) is 2.11. The summed E-state index contributed by atoms with van der Waals surface area (Å²) in [5.74, 6) is 0. The number of halogens is 3. The van der Waals surface area contributed by atoms with Gasteiger partial charge in [0, 0.05) is 25.7 Å². The van der Waals surface area contributed by atoms with Crippen LogP contribution in [0.15, 0.2) is 0 Å². The smallest absolute Gasteiger partial charge is 0.410 e. The van der Waals surface area contributed by atoms with Crippen molar-refractivity contribution in [2.45, 2.75) is 57.9 Å². The van der Waals surface area contributed by atoms with Crippen molar-refractivity contribution in [2.75, 3.05) is 19.6 Å². The zero-order chi connectivity index (χ0) is 15.4.